The van der Waals surface area contributed by atoms with Gasteiger partial charge < -0.3 is 0 Å². The molecule has 32 heavy (non-hydrogen) atoms. The maximum absolute atomic E-state index is 13.3. The minimum Gasteiger partial charge on any atom is -0.267 e. The van der Waals surface area contributed by atoms with Crippen LogP contribution in [0.5, 0.6) is 0 Å². The smallest absolute Gasteiger partial charge is 0.267 e. The molecule has 5 heteroatoms. The fourth-order valence-corrected chi connectivity index (χ4v) is 4.35. The van der Waals surface area contributed by atoms with E-state index < -0.39 is 0 Å². The molecule has 3 nitrogen and oxygen atoms in total. The highest BCUT2D eigenvalue weighted by molar-refractivity contribution is 8.00. The quantitative estimate of drug-likeness (QED) is 0.297. The lowest BCUT2D eigenvalue weighted by atomic mass is 9.86. The van der Waals surface area contributed by atoms with Crippen molar-refractivity contribution in [3.63, 3.8) is 0 Å². The molecule has 1 aliphatic heterocycles. The number of nitrogens with zero attached hydrogens (tertiary/aromatic N) is 2. The molecule has 1 heterocycles. The van der Waals surface area contributed by atoms with Crippen molar-refractivity contribution in [3.05, 3.63) is 101 Å². The number of halogens is 1. The van der Waals surface area contributed by atoms with Gasteiger partial charge in [0.15, 0.2) is 0 Å². The second-order valence-electron chi connectivity index (χ2n) is 8.67. The van der Waals surface area contributed by atoms with Crippen LogP contribution in [0.2, 0.25) is 5.02 Å². The number of hydrogen-bond acceptors (Lipinski definition) is 3. The van der Waals surface area contributed by atoms with E-state index >= 15 is 0 Å². The minimum atomic E-state index is -0.109. The molecule has 0 N–H and O–H groups in total. The van der Waals surface area contributed by atoms with Crippen molar-refractivity contribution in [1.29, 1.82) is 0 Å². The number of hydrazone groups is 1. The van der Waals surface area contributed by atoms with Gasteiger partial charge in [0.2, 0.25) is 0 Å². The van der Waals surface area contributed by atoms with E-state index in [1.54, 1.807) is 11.8 Å². The average molecular weight is 461 g/mol. The van der Waals surface area contributed by atoms with Gasteiger partial charge in [-0.05, 0) is 59.0 Å². The van der Waals surface area contributed by atoms with Crippen LogP contribution in [0, 0.1) is 0 Å². The van der Waals surface area contributed by atoms with E-state index in [9.17, 15) is 4.79 Å². The standard InChI is InChI=1S/C27H25ClN2OS/c1-27(2,3)20-11-9-19(10-12-20)17-24-25(18-32-23-15-13-21(28)14-16-23)29-30(26(24)31)22-7-5-4-6-8-22/h4-17H,18H2,1-3H3/b24-17-. The van der Waals surface area contributed by atoms with E-state index in [0.29, 0.717) is 16.3 Å². The predicted octanol–water partition coefficient (Wildman–Crippen LogP) is 7.22. The van der Waals surface area contributed by atoms with Crippen molar-refractivity contribution in [2.24, 2.45) is 5.10 Å². The Morgan fingerprint density at radius 2 is 1.59 bits per heavy atom. The first-order valence-corrected chi connectivity index (χ1v) is 11.9. The van der Waals surface area contributed by atoms with Crippen molar-refractivity contribution in [2.75, 3.05) is 10.8 Å². The first-order chi connectivity index (χ1) is 15.3. The zero-order chi connectivity index (χ0) is 22.7. The van der Waals surface area contributed by atoms with Crippen LogP contribution in [0.25, 0.3) is 6.08 Å². The summed E-state index contributed by atoms with van der Waals surface area (Å²) in [6.07, 6.45) is 1.94. The maximum atomic E-state index is 13.3. The number of amides is 1. The van der Waals surface area contributed by atoms with Gasteiger partial charge in [0.1, 0.15) is 0 Å². The summed E-state index contributed by atoms with van der Waals surface area (Å²) in [5, 5.41) is 6.89. The van der Waals surface area contributed by atoms with Crippen molar-refractivity contribution >= 4 is 46.7 Å². The molecule has 0 aromatic heterocycles. The summed E-state index contributed by atoms with van der Waals surface area (Å²) in [7, 11) is 0. The molecule has 4 rings (SSSR count). The molecule has 0 atom stereocenters. The van der Waals surface area contributed by atoms with Gasteiger partial charge in [-0.1, -0.05) is 74.8 Å². The van der Waals surface area contributed by atoms with Crippen LogP contribution in [0.4, 0.5) is 5.69 Å². The van der Waals surface area contributed by atoms with Gasteiger partial charge in [0.25, 0.3) is 5.91 Å². The molecule has 0 saturated carbocycles. The van der Waals surface area contributed by atoms with Crippen molar-refractivity contribution in [3.8, 4) is 0 Å². The van der Waals surface area contributed by atoms with Crippen molar-refractivity contribution < 1.29 is 4.79 Å². The topological polar surface area (TPSA) is 32.7 Å². The van der Waals surface area contributed by atoms with Crippen LogP contribution in [0.3, 0.4) is 0 Å². The predicted molar refractivity (Wildman–Crippen MR) is 137 cm³/mol. The van der Waals surface area contributed by atoms with E-state index in [1.807, 2.05) is 60.7 Å². The van der Waals surface area contributed by atoms with Crippen LogP contribution in [0.15, 0.2) is 94.4 Å². The van der Waals surface area contributed by atoms with Crippen LogP contribution >= 0.6 is 23.4 Å². The zero-order valence-electron chi connectivity index (χ0n) is 18.4. The Balaban J connectivity index is 1.64. The lowest BCUT2D eigenvalue weighted by molar-refractivity contribution is -0.114. The first kappa shape index (κ1) is 22.4. The third-order valence-corrected chi connectivity index (χ3v) is 6.51. The third kappa shape index (κ3) is 5.14. The van der Waals surface area contributed by atoms with Crippen molar-refractivity contribution in [2.45, 2.75) is 31.1 Å². The highest BCUT2D eigenvalue weighted by Crippen LogP contribution is 2.29. The number of rotatable bonds is 5. The van der Waals surface area contributed by atoms with E-state index in [4.69, 9.17) is 16.7 Å². The van der Waals surface area contributed by atoms with Crippen LogP contribution in [0.1, 0.15) is 31.9 Å². The van der Waals surface area contributed by atoms with Crippen LogP contribution < -0.4 is 5.01 Å². The maximum Gasteiger partial charge on any atom is 0.280 e. The Labute approximate surface area is 198 Å². The zero-order valence-corrected chi connectivity index (χ0v) is 20.0. The SMILES string of the molecule is CC(C)(C)c1ccc(/C=C2\C(=O)N(c3ccccc3)N=C2CSc2ccc(Cl)cc2)cc1. The highest BCUT2D eigenvalue weighted by Gasteiger charge is 2.31. The first-order valence-electron chi connectivity index (χ1n) is 10.5. The minimum absolute atomic E-state index is 0.0841. The highest BCUT2D eigenvalue weighted by atomic mass is 35.5. The van der Waals surface area contributed by atoms with Gasteiger partial charge in [0.05, 0.1) is 17.0 Å². The molecule has 0 radical (unpaired) electrons. The van der Waals surface area contributed by atoms with E-state index in [-0.39, 0.29) is 11.3 Å². The van der Waals surface area contributed by atoms with Gasteiger partial charge >= 0.3 is 0 Å². The Hall–Kier alpha value is -2.82. The van der Waals surface area contributed by atoms with Gasteiger partial charge in [-0.2, -0.15) is 10.1 Å². The number of hydrogen-bond donors (Lipinski definition) is 0. The molecule has 162 valence electrons. The van der Waals surface area contributed by atoms with Crippen LogP contribution in [-0.2, 0) is 10.2 Å². The molecule has 0 aliphatic carbocycles. The molecule has 0 saturated heterocycles. The Morgan fingerprint density at radius 3 is 2.22 bits per heavy atom. The lowest BCUT2D eigenvalue weighted by Gasteiger charge is -2.18. The van der Waals surface area contributed by atoms with Gasteiger partial charge in [-0.3, -0.25) is 4.79 Å². The number of benzene rings is 3. The molecule has 0 bridgehead atoms. The summed E-state index contributed by atoms with van der Waals surface area (Å²) in [5.74, 6) is 0.477. The Morgan fingerprint density at radius 1 is 0.938 bits per heavy atom. The van der Waals surface area contributed by atoms with Gasteiger partial charge in [0, 0.05) is 15.7 Å². The van der Waals surface area contributed by atoms with E-state index in [1.165, 1.54) is 10.6 Å². The molecule has 0 spiro atoms. The molecular weight excluding hydrogens is 436 g/mol. The molecular formula is C27H25ClN2OS. The third-order valence-electron chi connectivity index (χ3n) is 5.23. The molecule has 3 aromatic carbocycles. The van der Waals surface area contributed by atoms with Crippen LogP contribution in [-0.4, -0.2) is 17.4 Å². The summed E-state index contributed by atoms with van der Waals surface area (Å²) in [6.45, 7) is 6.58. The average Bonchev–Trinajstić information content (AvgIpc) is 3.09. The Kier molecular flexibility index (Phi) is 6.54. The molecule has 1 amide bonds. The summed E-state index contributed by atoms with van der Waals surface area (Å²) in [4.78, 5) is 14.4. The molecule has 0 fully saturated rings. The monoisotopic (exact) mass is 460 g/mol. The summed E-state index contributed by atoms with van der Waals surface area (Å²) in [5.41, 5.74) is 4.48. The lowest BCUT2D eigenvalue weighted by Crippen LogP contribution is -2.21. The number of para-hydroxylation sites is 1. The van der Waals surface area contributed by atoms with E-state index in [2.05, 4.69) is 45.0 Å². The number of thioether (sulfide) groups is 1. The molecule has 1 aliphatic rings. The second-order valence-corrected chi connectivity index (χ2v) is 10.2. The molecule has 3 aromatic rings. The summed E-state index contributed by atoms with van der Waals surface area (Å²) >= 11 is 7.64. The number of carbonyl (C=O) groups is 1. The fourth-order valence-electron chi connectivity index (χ4n) is 3.38. The summed E-state index contributed by atoms with van der Waals surface area (Å²) < 4.78 is 0. The van der Waals surface area contributed by atoms with E-state index in [0.717, 1.165) is 21.9 Å². The second kappa shape index (κ2) is 9.35. The summed E-state index contributed by atoms with van der Waals surface area (Å²) in [6, 6.07) is 25.6. The fraction of sp³-hybridized carbons (Fsp3) is 0.185. The van der Waals surface area contributed by atoms with Gasteiger partial charge in [-0.25, -0.2) is 0 Å². The molecule has 0 unspecified atom stereocenters. The number of carbonyl (C=O) groups excluding carboxylic acids is 1. The largest absolute Gasteiger partial charge is 0.280 e. The Bertz CT molecular complexity index is 1160. The normalized spacial score (nSPS) is 15.4. The number of anilines is 1. The van der Waals surface area contributed by atoms with Gasteiger partial charge in [-0.15, -0.1) is 11.8 Å². The van der Waals surface area contributed by atoms with Crippen molar-refractivity contribution in [1.82, 2.24) is 0 Å².